The fourth-order valence-electron chi connectivity index (χ4n) is 1.01. The zero-order valence-electron chi connectivity index (χ0n) is 8.46. The van der Waals surface area contributed by atoms with Crippen LogP contribution in [0.25, 0.3) is 0 Å². The summed E-state index contributed by atoms with van der Waals surface area (Å²) < 4.78 is 30.4. The average molecular weight is 215 g/mol. The molecule has 0 aliphatic rings. The number of ether oxygens (including phenoxy) is 1. The normalized spacial score (nSPS) is 11.2. The lowest BCUT2D eigenvalue weighted by Gasteiger charge is -2.10. The maximum atomic E-state index is 12.9. The summed E-state index contributed by atoms with van der Waals surface area (Å²) in [6.07, 6.45) is 1.17. The van der Waals surface area contributed by atoms with Gasteiger partial charge < -0.3 is 4.74 Å². The number of alkyl halides is 2. The minimum Gasteiger partial charge on any atom is -0.462 e. The molecule has 1 aromatic heterocycles. The first-order valence-electron chi connectivity index (χ1n) is 4.46. The molecule has 0 saturated carbocycles. The number of halogens is 2. The van der Waals surface area contributed by atoms with Crippen molar-refractivity contribution in [1.29, 1.82) is 0 Å². The van der Waals surface area contributed by atoms with Crippen LogP contribution in [0.2, 0.25) is 0 Å². The van der Waals surface area contributed by atoms with Crippen LogP contribution in [-0.4, -0.2) is 17.6 Å². The lowest BCUT2D eigenvalue weighted by molar-refractivity contribution is 0.0126. The minimum atomic E-state index is -3.05. The summed E-state index contributed by atoms with van der Waals surface area (Å²) in [7, 11) is 0. The van der Waals surface area contributed by atoms with Crippen molar-refractivity contribution in [3.63, 3.8) is 0 Å². The maximum absolute atomic E-state index is 12.9. The van der Waals surface area contributed by atoms with Crippen LogP contribution in [0.5, 0.6) is 0 Å². The van der Waals surface area contributed by atoms with Gasteiger partial charge in [-0.2, -0.15) is 8.78 Å². The van der Waals surface area contributed by atoms with E-state index in [1.54, 1.807) is 6.92 Å². The van der Waals surface area contributed by atoms with Gasteiger partial charge in [0.1, 0.15) is 5.69 Å². The van der Waals surface area contributed by atoms with E-state index in [1.165, 1.54) is 12.3 Å². The third kappa shape index (κ3) is 2.97. The Balaban J connectivity index is 2.98. The predicted molar refractivity (Wildman–Crippen MR) is 49.8 cm³/mol. The minimum absolute atomic E-state index is 0.0865. The molecule has 0 N–H and O–H groups in total. The van der Waals surface area contributed by atoms with E-state index in [1.807, 2.05) is 0 Å². The van der Waals surface area contributed by atoms with Crippen molar-refractivity contribution in [3.05, 3.63) is 29.6 Å². The number of nitrogens with zero attached hydrogens (tertiary/aromatic N) is 1. The molecule has 15 heavy (non-hydrogen) atoms. The third-order valence-corrected chi connectivity index (χ3v) is 1.72. The second kappa shape index (κ2) is 4.33. The molecule has 0 aliphatic carbocycles. The van der Waals surface area contributed by atoms with Crippen molar-refractivity contribution in [2.45, 2.75) is 19.8 Å². The van der Waals surface area contributed by atoms with Crippen LogP contribution < -0.4 is 0 Å². The molecule has 1 aromatic rings. The molecule has 3 nitrogen and oxygen atoms in total. The number of rotatable bonds is 3. The summed E-state index contributed by atoms with van der Waals surface area (Å²) in [6.45, 7) is 2.58. The molecule has 82 valence electrons. The Labute approximate surface area is 86.1 Å². The number of carbonyl (C=O) groups is 1. The highest BCUT2D eigenvalue weighted by Crippen LogP contribution is 2.25. The quantitative estimate of drug-likeness (QED) is 0.726. The molecule has 0 fully saturated rings. The van der Waals surface area contributed by atoms with Gasteiger partial charge in [0.05, 0.1) is 12.2 Å². The molecule has 0 bridgehead atoms. The maximum Gasteiger partial charge on any atom is 0.338 e. The first kappa shape index (κ1) is 11.6. The zero-order valence-corrected chi connectivity index (χ0v) is 8.46. The van der Waals surface area contributed by atoms with Gasteiger partial charge >= 0.3 is 5.97 Å². The fourth-order valence-corrected chi connectivity index (χ4v) is 1.01. The third-order valence-electron chi connectivity index (χ3n) is 1.72. The average Bonchev–Trinajstić information content (AvgIpc) is 2.17. The smallest absolute Gasteiger partial charge is 0.338 e. The van der Waals surface area contributed by atoms with Crippen LogP contribution in [-0.2, 0) is 10.7 Å². The molecule has 0 spiro atoms. The molecule has 0 atom stereocenters. The second-order valence-electron chi connectivity index (χ2n) is 3.04. The van der Waals surface area contributed by atoms with Crippen molar-refractivity contribution in [2.24, 2.45) is 0 Å². The van der Waals surface area contributed by atoms with E-state index in [0.29, 0.717) is 0 Å². The molecule has 0 radical (unpaired) electrons. The SMILES string of the molecule is CCOC(=O)c1ccnc(C(C)(F)F)c1. The number of hydrogen-bond acceptors (Lipinski definition) is 3. The molecule has 0 unspecified atom stereocenters. The number of hydrogen-bond donors (Lipinski definition) is 0. The van der Waals surface area contributed by atoms with Gasteiger partial charge in [-0.1, -0.05) is 0 Å². The first-order valence-corrected chi connectivity index (χ1v) is 4.46. The lowest BCUT2D eigenvalue weighted by atomic mass is 10.2. The molecule has 0 aliphatic heterocycles. The molecule has 0 saturated heterocycles. The Kier molecular flexibility index (Phi) is 3.34. The Morgan fingerprint density at radius 2 is 2.27 bits per heavy atom. The lowest BCUT2D eigenvalue weighted by Crippen LogP contribution is -2.12. The summed E-state index contributed by atoms with van der Waals surface area (Å²) >= 11 is 0. The number of pyridine rings is 1. The Morgan fingerprint density at radius 3 is 2.80 bits per heavy atom. The molecular weight excluding hydrogens is 204 g/mol. The molecule has 5 heteroatoms. The highest BCUT2D eigenvalue weighted by molar-refractivity contribution is 5.89. The van der Waals surface area contributed by atoms with Crippen molar-refractivity contribution in [2.75, 3.05) is 6.61 Å². The van der Waals surface area contributed by atoms with Crippen LogP contribution >= 0.6 is 0 Å². The fraction of sp³-hybridized carbons (Fsp3) is 0.400. The zero-order chi connectivity index (χ0) is 11.5. The van der Waals surface area contributed by atoms with E-state index in [0.717, 1.165) is 13.0 Å². The monoisotopic (exact) mass is 215 g/mol. The van der Waals surface area contributed by atoms with E-state index >= 15 is 0 Å². The Morgan fingerprint density at radius 1 is 1.60 bits per heavy atom. The van der Waals surface area contributed by atoms with Gasteiger partial charge in [0.25, 0.3) is 5.92 Å². The van der Waals surface area contributed by atoms with Gasteiger partial charge in [0, 0.05) is 13.1 Å². The highest BCUT2D eigenvalue weighted by Gasteiger charge is 2.26. The largest absolute Gasteiger partial charge is 0.462 e. The van der Waals surface area contributed by atoms with Crippen LogP contribution in [0.4, 0.5) is 8.78 Å². The van der Waals surface area contributed by atoms with E-state index < -0.39 is 17.6 Å². The predicted octanol–water partition coefficient (Wildman–Crippen LogP) is 2.37. The molecular formula is C10H11F2NO2. The van der Waals surface area contributed by atoms with Crippen LogP contribution in [0.3, 0.4) is 0 Å². The number of aromatic nitrogens is 1. The summed E-state index contributed by atoms with van der Waals surface area (Å²) in [5.74, 6) is -3.67. The van der Waals surface area contributed by atoms with Gasteiger partial charge in [-0.25, -0.2) is 4.79 Å². The summed E-state index contributed by atoms with van der Waals surface area (Å²) in [6, 6.07) is 2.38. The molecule has 0 amide bonds. The summed E-state index contributed by atoms with van der Waals surface area (Å²) in [5.41, 5.74) is -0.351. The van der Waals surface area contributed by atoms with E-state index in [-0.39, 0.29) is 12.2 Å². The van der Waals surface area contributed by atoms with Gasteiger partial charge in [-0.05, 0) is 19.1 Å². The van der Waals surface area contributed by atoms with Crippen molar-refractivity contribution in [3.8, 4) is 0 Å². The highest BCUT2D eigenvalue weighted by atomic mass is 19.3. The Bertz CT molecular complexity index is 361. The van der Waals surface area contributed by atoms with Crippen LogP contribution in [0.1, 0.15) is 29.9 Å². The molecule has 1 heterocycles. The van der Waals surface area contributed by atoms with Crippen molar-refractivity contribution >= 4 is 5.97 Å². The van der Waals surface area contributed by atoms with E-state index in [2.05, 4.69) is 9.72 Å². The van der Waals surface area contributed by atoms with Crippen LogP contribution in [0.15, 0.2) is 18.3 Å². The van der Waals surface area contributed by atoms with Gasteiger partial charge in [0.2, 0.25) is 0 Å². The van der Waals surface area contributed by atoms with Gasteiger partial charge in [-0.15, -0.1) is 0 Å². The van der Waals surface area contributed by atoms with Crippen LogP contribution in [0, 0.1) is 0 Å². The number of esters is 1. The molecule has 1 rings (SSSR count). The second-order valence-corrected chi connectivity index (χ2v) is 3.04. The van der Waals surface area contributed by atoms with E-state index in [9.17, 15) is 13.6 Å². The first-order chi connectivity index (χ1) is 6.95. The topological polar surface area (TPSA) is 39.2 Å². The standard InChI is InChI=1S/C10H11F2NO2/c1-3-15-9(14)7-4-5-13-8(6-7)10(2,11)12/h4-6H,3H2,1-2H3. The summed E-state index contributed by atoms with van der Waals surface area (Å²) in [4.78, 5) is 14.7. The van der Waals surface area contributed by atoms with Crippen molar-refractivity contribution < 1.29 is 18.3 Å². The van der Waals surface area contributed by atoms with Gasteiger partial charge in [0.15, 0.2) is 0 Å². The van der Waals surface area contributed by atoms with Crippen molar-refractivity contribution in [1.82, 2.24) is 4.98 Å². The summed E-state index contributed by atoms with van der Waals surface area (Å²) in [5, 5.41) is 0. The van der Waals surface area contributed by atoms with E-state index in [4.69, 9.17) is 0 Å². The number of carbonyl (C=O) groups excluding carboxylic acids is 1. The van der Waals surface area contributed by atoms with Gasteiger partial charge in [-0.3, -0.25) is 4.98 Å². The molecule has 0 aromatic carbocycles. The Hall–Kier alpha value is -1.52.